The molecule has 0 heterocycles. The van der Waals surface area contributed by atoms with E-state index in [2.05, 4.69) is 31.1 Å². The van der Waals surface area contributed by atoms with Crippen molar-refractivity contribution in [1.29, 1.82) is 0 Å². The molecule has 3 heteroatoms. The highest BCUT2D eigenvalue weighted by Crippen LogP contribution is 2.48. The molecule has 0 aromatic carbocycles. The fourth-order valence-corrected chi connectivity index (χ4v) is 7.71. The van der Waals surface area contributed by atoms with E-state index >= 15 is 0 Å². The third-order valence-electron chi connectivity index (χ3n) is 5.68. The van der Waals surface area contributed by atoms with Crippen molar-refractivity contribution in [2.24, 2.45) is 17.8 Å². The van der Waals surface area contributed by atoms with Crippen molar-refractivity contribution in [2.45, 2.75) is 70.6 Å². The molecular weight excluding hydrogens is 277 g/mol. The molecule has 0 aromatic rings. The lowest BCUT2D eigenvalue weighted by Crippen LogP contribution is -2.50. The van der Waals surface area contributed by atoms with Gasteiger partial charge in [-0.15, -0.1) is 0 Å². The van der Waals surface area contributed by atoms with Gasteiger partial charge < -0.3 is 4.98 Å². The van der Waals surface area contributed by atoms with Crippen LogP contribution in [-0.2, 0) is 0 Å². The van der Waals surface area contributed by atoms with Gasteiger partial charge in [-0.3, -0.25) is 0 Å². The Labute approximate surface area is 130 Å². The first-order valence-corrected chi connectivity index (χ1v) is 12.0. The van der Waals surface area contributed by atoms with Crippen LogP contribution in [0.5, 0.6) is 0 Å². The van der Waals surface area contributed by atoms with Gasteiger partial charge in [-0.25, -0.2) is 4.39 Å². The summed E-state index contributed by atoms with van der Waals surface area (Å²) in [6.45, 7) is 7.19. The highest BCUT2D eigenvalue weighted by molar-refractivity contribution is 6.75. The lowest BCUT2D eigenvalue weighted by molar-refractivity contribution is 0.399. The van der Waals surface area contributed by atoms with Gasteiger partial charge in [-0.05, 0) is 49.6 Å². The average molecular weight is 308 g/mol. The number of rotatable bonds is 4. The molecule has 1 nitrogen and oxygen atoms in total. The standard InChI is InChI=1S/C18H30FNSi/c1-13-10-16-14(8-9-18(19)17(16)11-13)12-21(2,3)20-15-6-4-5-7-15/h8-9,13,15-17,20H,4-7,10-12H2,1-3H3. The lowest BCUT2D eigenvalue weighted by atomic mass is 9.85. The molecule has 0 radical (unpaired) electrons. The summed E-state index contributed by atoms with van der Waals surface area (Å²) in [7, 11) is -1.43. The van der Waals surface area contributed by atoms with E-state index < -0.39 is 8.24 Å². The molecular formula is C18H30FNSi. The van der Waals surface area contributed by atoms with E-state index in [9.17, 15) is 4.39 Å². The number of nitrogens with one attached hydrogen (secondary N) is 1. The van der Waals surface area contributed by atoms with Crippen LogP contribution in [0, 0.1) is 17.8 Å². The smallest absolute Gasteiger partial charge is 0.123 e. The highest BCUT2D eigenvalue weighted by atomic mass is 28.3. The van der Waals surface area contributed by atoms with Crippen molar-refractivity contribution in [2.75, 3.05) is 0 Å². The SMILES string of the molecule is CC1CC2C(F)=CC=C(C[Si](C)(C)NC3CCCC3)C2C1. The van der Waals surface area contributed by atoms with Gasteiger partial charge in [0.25, 0.3) is 0 Å². The fourth-order valence-electron chi connectivity index (χ4n) is 4.81. The highest BCUT2D eigenvalue weighted by Gasteiger charge is 2.40. The summed E-state index contributed by atoms with van der Waals surface area (Å²) in [6.07, 6.45) is 11.6. The molecule has 3 rings (SSSR count). The monoisotopic (exact) mass is 307 g/mol. The zero-order valence-corrected chi connectivity index (χ0v) is 14.8. The van der Waals surface area contributed by atoms with Crippen LogP contribution in [0.15, 0.2) is 23.6 Å². The first-order chi connectivity index (χ1) is 9.94. The first-order valence-electron chi connectivity index (χ1n) is 8.78. The van der Waals surface area contributed by atoms with Crippen molar-refractivity contribution in [3.63, 3.8) is 0 Å². The van der Waals surface area contributed by atoms with Crippen molar-refractivity contribution < 1.29 is 4.39 Å². The predicted octanol–water partition coefficient (Wildman–Crippen LogP) is 5.18. The summed E-state index contributed by atoms with van der Waals surface area (Å²) >= 11 is 0. The Kier molecular flexibility index (Phi) is 4.42. The van der Waals surface area contributed by atoms with Gasteiger partial charge in [0, 0.05) is 12.0 Å². The van der Waals surface area contributed by atoms with E-state index in [4.69, 9.17) is 0 Å². The molecule has 0 aliphatic heterocycles. The van der Waals surface area contributed by atoms with Crippen molar-refractivity contribution in [3.8, 4) is 0 Å². The maximum absolute atomic E-state index is 14.1. The second-order valence-corrected chi connectivity index (χ2v) is 12.7. The van der Waals surface area contributed by atoms with Crippen LogP contribution < -0.4 is 4.98 Å². The number of fused-ring (bicyclic) bond motifs is 1. The Morgan fingerprint density at radius 2 is 1.81 bits per heavy atom. The summed E-state index contributed by atoms with van der Waals surface area (Å²) in [6, 6.07) is 1.95. The van der Waals surface area contributed by atoms with E-state index in [1.165, 1.54) is 43.7 Å². The predicted molar refractivity (Wildman–Crippen MR) is 90.3 cm³/mol. The number of allylic oxidation sites excluding steroid dienone is 4. The molecule has 0 bridgehead atoms. The average Bonchev–Trinajstić information content (AvgIpc) is 3.01. The topological polar surface area (TPSA) is 12.0 Å². The molecule has 2 fully saturated rings. The van der Waals surface area contributed by atoms with Gasteiger partial charge >= 0.3 is 0 Å². The second kappa shape index (κ2) is 6.00. The number of hydrogen-bond donors (Lipinski definition) is 1. The van der Waals surface area contributed by atoms with Gasteiger partial charge in [0.1, 0.15) is 14.1 Å². The summed E-state index contributed by atoms with van der Waals surface area (Å²) in [5, 5.41) is 0. The van der Waals surface area contributed by atoms with Crippen molar-refractivity contribution >= 4 is 8.24 Å². The second-order valence-electron chi connectivity index (χ2n) is 8.27. The van der Waals surface area contributed by atoms with Crippen LogP contribution in [0.1, 0.15) is 45.4 Å². The Balaban J connectivity index is 1.68. The first kappa shape index (κ1) is 15.5. The van der Waals surface area contributed by atoms with E-state index in [1.54, 1.807) is 6.08 Å². The number of hydrogen-bond acceptors (Lipinski definition) is 1. The molecule has 3 aliphatic carbocycles. The third kappa shape index (κ3) is 3.50. The van der Waals surface area contributed by atoms with Gasteiger partial charge in [-0.1, -0.05) is 44.5 Å². The van der Waals surface area contributed by atoms with Crippen LogP contribution >= 0.6 is 0 Å². The Morgan fingerprint density at radius 3 is 2.52 bits per heavy atom. The van der Waals surface area contributed by atoms with E-state index in [0.717, 1.165) is 12.5 Å². The quantitative estimate of drug-likeness (QED) is 0.706. The van der Waals surface area contributed by atoms with Gasteiger partial charge in [0.2, 0.25) is 0 Å². The molecule has 3 aliphatic rings. The van der Waals surface area contributed by atoms with Gasteiger partial charge in [0.05, 0.1) is 0 Å². The Hall–Kier alpha value is -0.413. The van der Waals surface area contributed by atoms with E-state index in [1.807, 2.05) is 0 Å². The van der Waals surface area contributed by atoms with Crippen molar-refractivity contribution in [1.82, 2.24) is 4.98 Å². The maximum Gasteiger partial charge on any atom is 0.123 e. The molecule has 0 spiro atoms. The van der Waals surface area contributed by atoms with E-state index in [0.29, 0.717) is 11.8 Å². The molecule has 0 saturated heterocycles. The molecule has 0 amide bonds. The third-order valence-corrected chi connectivity index (χ3v) is 8.16. The van der Waals surface area contributed by atoms with E-state index in [-0.39, 0.29) is 11.7 Å². The normalized spacial score (nSPS) is 33.8. The molecule has 3 unspecified atom stereocenters. The van der Waals surface area contributed by atoms with Crippen LogP contribution in [0.3, 0.4) is 0 Å². The largest absolute Gasteiger partial charge is 0.334 e. The zero-order chi connectivity index (χ0) is 15.0. The van der Waals surface area contributed by atoms with Crippen molar-refractivity contribution in [3.05, 3.63) is 23.6 Å². The fraction of sp³-hybridized carbons (Fsp3) is 0.778. The molecule has 2 saturated carbocycles. The van der Waals surface area contributed by atoms with Crippen LogP contribution in [-0.4, -0.2) is 14.3 Å². The van der Waals surface area contributed by atoms with Gasteiger partial charge in [0.15, 0.2) is 0 Å². The summed E-state index contributed by atoms with van der Waals surface area (Å²) in [5.74, 6) is 1.49. The van der Waals surface area contributed by atoms with Crippen LogP contribution in [0.2, 0.25) is 19.1 Å². The van der Waals surface area contributed by atoms with Crippen LogP contribution in [0.25, 0.3) is 0 Å². The lowest BCUT2D eigenvalue weighted by Gasteiger charge is -2.33. The zero-order valence-electron chi connectivity index (χ0n) is 13.8. The Bertz CT molecular complexity index is 448. The molecule has 118 valence electrons. The summed E-state index contributed by atoms with van der Waals surface area (Å²) in [5.41, 5.74) is 1.54. The minimum absolute atomic E-state index is 0.135. The summed E-state index contributed by atoms with van der Waals surface area (Å²) in [4.78, 5) is 3.99. The minimum Gasteiger partial charge on any atom is -0.334 e. The van der Waals surface area contributed by atoms with Crippen LogP contribution in [0.4, 0.5) is 4.39 Å². The van der Waals surface area contributed by atoms with Gasteiger partial charge in [-0.2, -0.15) is 0 Å². The Morgan fingerprint density at radius 1 is 1.14 bits per heavy atom. The number of halogens is 1. The molecule has 21 heavy (non-hydrogen) atoms. The minimum atomic E-state index is -1.43. The summed E-state index contributed by atoms with van der Waals surface area (Å²) < 4.78 is 14.1. The molecule has 0 aromatic heterocycles. The maximum atomic E-state index is 14.1. The molecule has 1 N–H and O–H groups in total. The molecule has 3 atom stereocenters.